The Balaban J connectivity index is 0.000000500. The Bertz CT molecular complexity index is 272. The van der Waals surface area contributed by atoms with E-state index in [1.54, 1.807) is 0 Å². The van der Waals surface area contributed by atoms with Crippen LogP contribution in [-0.2, 0) is 0 Å². The summed E-state index contributed by atoms with van der Waals surface area (Å²) in [6.07, 6.45) is 0. The van der Waals surface area contributed by atoms with Crippen molar-refractivity contribution in [3.05, 3.63) is 34.3 Å². The van der Waals surface area contributed by atoms with E-state index in [2.05, 4.69) is 0 Å². The van der Waals surface area contributed by atoms with E-state index in [4.69, 9.17) is 23.1 Å². The summed E-state index contributed by atoms with van der Waals surface area (Å²) in [7, 11) is 0. The smallest absolute Gasteiger partial charge is 0.0438 e. The van der Waals surface area contributed by atoms with Crippen LogP contribution in [0.3, 0.4) is 0 Å². The molecule has 0 heterocycles. The lowest BCUT2D eigenvalue weighted by molar-refractivity contribution is 0.818. The molecule has 0 saturated carbocycles. The van der Waals surface area contributed by atoms with Gasteiger partial charge < -0.3 is 11.5 Å². The fourth-order valence-electron chi connectivity index (χ4n) is 0.892. The molecule has 0 bridgehead atoms. The van der Waals surface area contributed by atoms with Crippen LogP contribution in [-0.4, -0.2) is 6.54 Å². The molecular weight excluding hydrogens is 196 g/mol. The average Bonchev–Trinajstić information content (AvgIpc) is 2.10. The number of hydrogen-bond acceptors (Lipinski definition) is 2. The zero-order valence-electron chi connectivity index (χ0n) is 9.05. The van der Waals surface area contributed by atoms with E-state index in [1.807, 2.05) is 39.0 Å². The van der Waals surface area contributed by atoms with Crippen LogP contribution in [0, 0.1) is 6.92 Å². The predicted molar refractivity (Wildman–Crippen MR) is 63.5 cm³/mol. The molecule has 0 amide bonds. The zero-order chi connectivity index (χ0) is 11.1. The van der Waals surface area contributed by atoms with Crippen molar-refractivity contribution < 1.29 is 0 Å². The van der Waals surface area contributed by atoms with E-state index in [0.717, 1.165) is 22.7 Å². The summed E-state index contributed by atoms with van der Waals surface area (Å²) in [6, 6.07) is 5.97. The van der Waals surface area contributed by atoms with Crippen LogP contribution < -0.4 is 11.5 Å². The summed E-state index contributed by atoms with van der Waals surface area (Å²) in [6.45, 7) is 6.58. The number of aryl methyl sites for hydroxylation is 1. The standard InChI is InChI=1S/C9H12ClN.C2H7N/c1-6-3-4-8(7(2)11)5-9(6)10;1-2-3/h3-5,7H,11H2,1-2H3;2-3H2,1H3. The van der Waals surface area contributed by atoms with E-state index < -0.39 is 0 Å². The van der Waals surface area contributed by atoms with Crippen LogP contribution in [0.2, 0.25) is 5.02 Å². The van der Waals surface area contributed by atoms with Gasteiger partial charge in [0.05, 0.1) is 0 Å². The average molecular weight is 215 g/mol. The van der Waals surface area contributed by atoms with Crippen molar-refractivity contribution in [3.8, 4) is 0 Å². The minimum absolute atomic E-state index is 0.0631. The number of halogens is 1. The van der Waals surface area contributed by atoms with Crippen molar-refractivity contribution in [2.45, 2.75) is 26.8 Å². The second-order valence-electron chi connectivity index (χ2n) is 3.21. The van der Waals surface area contributed by atoms with Crippen LogP contribution >= 0.6 is 11.6 Å². The minimum Gasteiger partial charge on any atom is -0.331 e. The lowest BCUT2D eigenvalue weighted by Crippen LogP contribution is -2.04. The lowest BCUT2D eigenvalue weighted by Gasteiger charge is -2.06. The van der Waals surface area contributed by atoms with Gasteiger partial charge in [-0.15, -0.1) is 0 Å². The molecule has 1 aromatic carbocycles. The van der Waals surface area contributed by atoms with Gasteiger partial charge in [-0.3, -0.25) is 0 Å². The first-order valence-electron chi connectivity index (χ1n) is 4.74. The maximum Gasteiger partial charge on any atom is 0.0438 e. The molecule has 0 saturated heterocycles. The van der Waals surface area contributed by atoms with Crippen LogP contribution in [0.4, 0.5) is 0 Å². The highest BCUT2D eigenvalue weighted by Crippen LogP contribution is 2.19. The number of hydrogen-bond donors (Lipinski definition) is 2. The Labute approximate surface area is 91.2 Å². The molecule has 0 fully saturated rings. The maximum absolute atomic E-state index is 5.90. The van der Waals surface area contributed by atoms with Gasteiger partial charge in [-0.2, -0.15) is 0 Å². The van der Waals surface area contributed by atoms with Gasteiger partial charge in [0.2, 0.25) is 0 Å². The van der Waals surface area contributed by atoms with E-state index in [-0.39, 0.29) is 6.04 Å². The third-order valence-corrected chi connectivity index (χ3v) is 2.13. The largest absolute Gasteiger partial charge is 0.331 e. The quantitative estimate of drug-likeness (QED) is 0.755. The van der Waals surface area contributed by atoms with Gasteiger partial charge in [0.15, 0.2) is 0 Å². The first-order valence-corrected chi connectivity index (χ1v) is 5.12. The first kappa shape index (κ1) is 13.4. The summed E-state index contributed by atoms with van der Waals surface area (Å²) in [5, 5.41) is 0.791. The van der Waals surface area contributed by atoms with Crippen LogP contribution in [0.15, 0.2) is 18.2 Å². The minimum atomic E-state index is 0.0631. The molecule has 0 spiro atoms. The molecule has 3 heteroatoms. The van der Waals surface area contributed by atoms with Gasteiger partial charge in [0.25, 0.3) is 0 Å². The first-order chi connectivity index (χ1) is 6.52. The molecule has 0 aromatic heterocycles. The third kappa shape index (κ3) is 4.61. The Kier molecular flexibility index (Phi) is 6.54. The van der Waals surface area contributed by atoms with Gasteiger partial charge in [-0.05, 0) is 37.6 Å². The maximum atomic E-state index is 5.90. The number of rotatable bonds is 1. The number of nitrogens with two attached hydrogens (primary N) is 2. The van der Waals surface area contributed by atoms with Crippen LogP contribution in [0.1, 0.15) is 31.0 Å². The van der Waals surface area contributed by atoms with Crippen molar-refractivity contribution in [2.24, 2.45) is 11.5 Å². The summed E-state index contributed by atoms with van der Waals surface area (Å²) in [5.41, 5.74) is 12.7. The van der Waals surface area contributed by atoms with Gasteiger partial charge in [0.1, 0.15) is 0 Å². The van der Waals surface area contributed by atoms with Gasteiger partial charge in [0, 0.05) is 11.1 Å². The van der Waals surface area contributed by atoms with Crippen molar-refractivity contribution in [2.75, 3.05) is 6.54 Å². The van der Waals surface area contributed by atoms with Crippen LogP contribution in [0.5, 0.6) is 0 Å². The predicted octanol–water partition coefficient (Wildman–Crippen LogP) is 2.63. The SMILES string of the molecule is CCN.Cc1ccc(C(C)N)cc1Cl. The lowest BCUT2D eigenvalue weighted by atomic mass is 10.1. The molecule has 4 N–H and O–H groups in total. The Morgan fingerprint density at radius 3 is 2.29 bits per heavy atom. The highest BCUT2D eigenvalue weighted by Gasteiger charge is 2.00. The molecular formula is C11H19ClN2. The molecule has 1 atom stereocenters. The van der Waals surface area contributed by atoms with Crippen LogP contribution in [0.25, 0.3) is 0 Å². The zero-order valence-corrected chi connectivity index (χ0v) is 9.81. The highest BCUT2D eigenvalue weighted by molar-refractivity contribution is 6.31. The summed E-state index contributed by atoms with van der Waals surface area (Å²) in [4.78, 5) is 0. The molecule has 0 aliphatic heterocycles. The molecule has 1 unspecified atom stereocenters. The van der Waals surface area contributed by atoms with E-state index >= 15 is 0 Å². The Morgan fingerprint density at radius 2 is 1.93 bits per heavy atom. The molecule has 0 radical (unpaired) electrons. The molecule has 14 heavy (non-hydrogen) atoms. The molecule has 1 aromatic rings. The third-order valence-electron chi connectivity index (χ3n) is 1.72. The monoisotopic (exact) mass is 214 g/mol. The summed E-state index contributed by atoms with van der Waals surface area (Å²) in [5.74, 6) is 0. The van der Waals surface area contributed by atoms with Gasteiger partial charge in [-0.25, -0.2) is 0 Å². The van der Waals surface area contributed by atoms with E-state index in [1.165, 1.54) is 0 Å². The normalized spacial score (nSPS) is 11.6. The Morgan fingerprint density at radius 1 is 1.43 bits per heavy atom. The van der Waals surface area contributed by atoms with Crippen molar-refractivity contribution in [1.82, 2.24) is 0 Å². The molecule has 1 rings (SSSR count). The van der Waals surface area contributed by atoms with E-state index in [9.17, 15) is 0 Å². The second kappa shape index (κ2) is 6.82. The van der Waals surface area contributed by atoms with Crippen molar-refractivity contribution in [3.63, 3.8) is 0 Å². The number of benzene rings is 1. The summed E-state index contributed by atoms with van der Waals surface area (Å²) < 4.78 is 0. The summed E-state index contributed by atoms with van der Waals surface area (Å²) >= 11 is 5.90. The fraction of sp³-hybridized carbons (Fsp3) is 0.455. The van der Waals surface area contributed by atoms with Gasteiger partial charge >= 0.3 is 0 Å². The highest BCUT2D eigenvalue weighted by atomic mass is 35.5. The second-order valence-corrected chi connectivity index (χ2v) is 3.61. The fourth-order valence-corrected chi connectivity index (χ4v) is 1.08. The van der Waals surface area contributed by atoms with E-state index in [0.29, 0.717) is 0 Å². The van der Waals surface area contributed by atoms with Crippen molar-refractivity contribution >= 4 is 11.6 Å². The molecule has 80 valence electrons. The Hall–Kier alpha value is -0.570. The topological polar surface area (TPSA) is 52.0 Å². The molecule has 2 nitrogen and oxygen atoms in total. The molecule has 0 aliphatic rings. The van der Waals surface area contributed by atoms with Gasteiger partial charge in [-0.1, -0.05) is 30.7 Å². The van der Waals surface area contributed by atoms with Crippen molar-refractivity contribution in [1.29, 1.82) is 0 Å². The molecule has 0 aliphatic carbocycles.